The van der Waals surface area contributed by atoms with Crippen molar-refractivity contribution in [1.29, 1.82) is 0 Å². The Morgan fingerprint density at radius 2 is 2.06 bits per heavy atom. The van der Waals surface area contributed by atoms with Crippen LogP contribution in [0.25, 0.3) is 0 Å². The van der Waals surface area contributed by atoms with E-state index >= 15 is 0 Å². The Labute approximate surface area is 129 Å². The fourth-order valence-electron chi connectivity index (χ4n) is 2.13. The van der Waals surface area contributed by atoms with E-state index in [1.54, 1.807) is 10.4 Å². The second kappa shape index (κ2) is 5.91. The molecule has 0 atom stereocenters. The predicted octanol–water partition coefficient (Wildman–Crippen LogP) is 3.61. The molecule has 1 aromatic rings. The second-order valence-electron chi connectivity index (χ2n) is 4.47. The fourth-order valence-corrected chi connectivity index (χ4v) is 6.63. The van der Waals surface area contributed by atoms with Gasteiger partial charge >= 0.3 is 0 Å². The summed E-state index contributed by atoms with van der Waals surface area (Å²) in [6, 6.07) is 1.71. The number of aryl methyl sites for hydroxylation is 1. The van der Waals surface area contributed by atoms with Crippen molar-refractivity contribution >= 4 is 53.2 Å². The van der Waals surface area contributed by atoms with Gasteiger partial charge in [0.1, 0.15) is 0 Å². The topological polar surface area (TPSA) is 37.4 Å². The molecule has 18 heavy (non-hydrogen) atoms. The first-order valence-electron chi connectivity index (χ1n) is 5.77. The molecule has 0 amide bonds. The van der Waals surface area contributed by atoms with Crippen LogP contribution in [0.15, 0.2) is 14.7 Å². The quantitative estimate of drug-likeness (QED) is 0.705. The minimum Gasteiger partial charge on any atom is -0.207 e. The zero-order valence-electron chi connectivity index (χ0n) is 10.0. The van der Waals surface area contributed by atoms with E-state index in [-0.39, 0.29) is 0 Å². The van der Waals surface area contributed by atoms with Gasteiger partial charge in [-0.15, -0.1) is 11.3 Å². The highest BCUT2D eigenvalue weighted by Gasteiger charge is 2.30. The molecule has 0 aromatic carbocycles. The van der Waals surface area contributed by atoms with Gasteiger partial charge in [-0.1, -0.05) is 15.9 Å². The van der Waals surface area contributed by atoms with Gasteiger partial charge in [-0.05, 0) is 47.7 Å². The zero-order chi connectivity index (χ0) is 13.3. The molecule has 0 aliphatic carbocycles. The summed E-state index contributed by atoms with van der Waals surface area (Å²) in [6.07, 6.45) is 1.88. The van der Waals surface area contributed by atoms with Crippen molar-refractivity contribution in [3.8, 4) is 0 Å². The Hall–Kier alpha value is 0.570. The molecule has 1 saturated heterocycles. The average molecular weight is 417 g/mol. The number of hydrogen-bond donors (Lipinski definition) is 0. The van der Waals surface area contributed by atoms with Gasteiger partial charge in [0, 0.05) is 23.3 Å². The minimum absolute atomic E-state index is 0.455. The molecule has 0 bridgehead atoms. The lowest BCUT2D eigenvalue weighted by Gasteiger charge is -2.30. The molecule has 0 N–H and O–H groups in total. The van der Waals surface area contributed by atoms with E-state index < -0.39 is 10.0 Å². The molecule has 102 valence electrons. The molecular formula is C11H15Br2NO2S2. The molecule has 0 spiro atoms. The highest BCUT2D eigenvalue weighted by molar-refractivity contribution is 9.11. The van der Waals surface area contributed by atoms with Crippen LogP contribution in [0.5, 0.6) is 0 Å². The van der Waals surface area contributed by atoms with Crippen molar-refractivity contribution in [1.82, 2.24) is 4.31 Å². The molecular weight excluding hydrogens is 402 g/mol. The molecule has 1 aliphatic rings. The summed E-state index contributed by atoms with van der Waals surface area (Å²) in [4.78, 5) is 1.31. The number of halogens is 2. The average Bonchev–Trinajstić information content (AvgIpc) is 2.69. The van der Waals surface area contributed by atoms with Crippen LogP contribution >= 0.6 is 43.2 Å². The van der Waals surface area contributed by atoms with Crippen molar-refractivity contribution in [2.45, 2.75) is 24.7 Å². The maximum Gasteiger partial charge on any atom is 0.244 e. The molecule has 2 rings (SSSR count). The third-order valence-corrected chi connectivity index (χ3v) is 7.87. The SMILES string of the molecule is Cc1sc(Br)cc1S(=O)(=O)N1CCC(CBr)CC1. The van der Waals surface area contributed by atoms with Gasteiger partial charge in [0.2, 0.25) is 10.0 Å². The third-order valence-electron chi connectivity index (χ3n) is 3.25. The maximum absolute atomic E-state index is 12.5. The summed E-state index contributed by atoms with van der Waals surface area (Å²) >= 11 is 8.29. The van der Waals surface area contributed by atoms with Gasteiger partial charge in [0.25, 0.3) is 0 Å². The van der Waals surface area contributed by atoms with Crippen molar-refractivity contribution in [2.75, 3.05) is 18.4 Å². The van der Waals surface area contributed by atoms with Gasteiger partial charge in [-0.3, -0.25) is 0 Å². The van der Waals surface area contributed by atoms with E-state index in [1.807, 2.05) is 6.92 Å². The molecule has 0 saturated carbocycles. The van der Waals surface area contributed by atoms with Crippen LogP contribution in [0.3, 0.4) is 0 Å². The van der Waals surface area contributed by atoms with Gasteiger partial charge in [0.15, 0.2) is 0 Å². The van der Waals surface area contributed by atoms with Crippen molar-refractivity contribution in [2.24, 2.45) is 5.92 Å². The minimum atomic E-state index is -3.31. The summed E-state index contributed by atoms with van der Waals surface area (Å²) in [6.45, 7) is 3.12. The highest BCUT2D eigenvalue weighted by Crippen LogP contribution is 2.33. The largest absolute Gasteiger partial charge is 0.244 e. The van der Waals surface area contributed by atoms with E-state index in [9.17, 15) is 8.42 Å². The van der Waals surface area contributed by atoms with Crippen LogP contribution in [0.1, 0.15) is 17.7 Å². The Kier molecular flexibility index (Phi) is 4.91. The Bertz CT molecular complexity index is 519. The lowest BCUT2D eigenvalue weighted by molar-refractivity contribution is 0.292. The Morgan fingerprint density at radius 3 is 2.50 bits per heavy atom. The molecule has 1 aromatic heterocycles. The van der Waals surface area contributed by atoms with Crippen molar-refractivity contribution < 1.29 is 8.42 Å². The summed E-state index contributed by atoms with van der Waals surface area (Å²) in [7, 11) is -3.31. The molecule has 1 aliphatic heterocycles. The number of thiophene rings is 1. The first-order chi connectivity index (χ1) is 8.45. The first-order valence-corrected chi connectivity index (χ1v) is 9.94. The monoisotopic (exact) mass is 415 g/mol. The summed E-state index contributed by atoms with van der Waals surface area (Å²) in [5, 5.41) is 0.962. The molecule has 7 heteroatoms. The number of piperidine rings is 1. The number of rotatable bonds is 3. The van der Waals surface area contributed by atoms with E-state index in [4.69, 9.17) is 0 Å². The second-order valence-corrected chi connectivity index (χ2v) is 9.66. The van der Waals surface area contributed by atoms with E-state index in [2.05, 4.69) is 31.9 Å². The normalized spacial score (nSPS) is 19.3. The zero-order valence-corrected chi connectivity index (χ0v) is 14.8. The van der Waals surface area contributed by atoms with Crippen molar-refractivity contribution in [3.05, 3.63) is 14.7 Å². The molecule has 2 heterocycles. The molecule has 0 unspecified atom stereocenters. The standard InChI is InChI=1S/C11H15Br2NO2S2/c1-8-10(6-11(13)17-8)18(15,16)14-4-2-9(7-12)3-5-14/h6,9H,2-5,7H2,1H3. The number of hydrogen-bond acceptors (Lipinski definition) is 3. The van der Waals surface area contributed by atoms with E-state index in [0.717, 1.165) is 26.8 Å². The van der Waals surface area contributed by atoms with Gasteiger partial charge in [0.05, 0.1) is 8.68 Å². The van der Waals surface area contributed by atoms with E-state index in [0.29, 0.717) is 23.9 Å². The molecule has 0 radical (unpaired) electrons. The van der Waals surface area contributed by atoms with Crippen LogP contribution in [-0.4, -0.2) is 31.1 Å². The fraction of sp³-hybridized carbons (Fsp3) is 0.636. The van der Waals surface area contributed by atoms with Crippen LogP contribution in [0.4, 0.5) is 0 Å². The van der Waals surface area contributed by atoms with E-state index in [1.165, 1.54) is 11.3 Å². The first kappa shape index (κ1) is 15.0. The summed E-state index contributed by atoms with van der Waals surface area (Å²) in [5.74, 6) is 0.603. The lowest BCUT2D eigenvalue weighted by atomic mass is 10.0. The lowest BCUT2D eigenvalue weighted by Crippen LogP contribution is -2.38. The maximum atomic E-state index is 12.5. The smallest absolute Gasteiger partial charge is 0.207 e. The van der Waals surface area contributed by atoms with Crippen molar-refractivity contribution in [3.63, 3.8) is 0 Å². The van der Waals surface area contributed by atoms with Crippen LogP contribution < -0.4 is 0 Å². The highest BCUT2D eigenvalue weighted by atomic mass is 79.9. The van der Waals surface area contributed by atoms with Gasteiger partial charge in [-0.2, -0.15) is 4.31 Å². The predicted molar refractivity (Wildman–Crippen MR) is 82.0 cm³/mol. The number of sulfonamides is 1. The number of nitrogens with zero attached hydrogens (tertiary/aromatic N) is 1. The summed E-state index contributed by atoms with van der Waals surface area (Å²) in [5.41, 5.74) is 0. The van der Waals surface area contributed by atoms with Crippen LogP contribution in [0, 0.1) is 12.8 Å². The Balaban J connectivity index is 2.20. The molecule has 3 nitrogen and oxygen atoms in total. The number of alkyl halides is 1. The molecule has 1 fully saturated rings. The summed E-state index contributed by atoms with van der Waals surface area (Å²) < 4.78 is 27.5. The Morgan fingerprint density at radius 1 is 1.44 bits per heavy atom. The van der Waals surface area contributed by atoms with Gasteiger partial charge < -0.3 is 0 Å². The third kappa shape index (κ3) is 3.00. The van der Waals surface area contributed by atoms with Gasteiger partial charge in [-0.25, -0.2) is 8.42 Å². The van der Waals surface area contributed by atoms with Crippen LogP contribution in [0.2, 0.25) is 0 Å². The van der Waals surface area contributed by atoms with Crippen LogP contribution in [-0.2, 0) is 10.0 Å².